The Balaban J connectivity index is 2.30. The van der Waals surface area contributed by atoms with Gasteiger partial charge in [-0.15, -0.1) is 0 Å². The van der Waals surface area contributed by atoms with Crippen molar-refractivity contribution in [3.63, 3.8) is 0 Å². The second-order valence-corrected chi connectivity index (χ2v) is 5.34. The van der Waals surface area contributed by atoms with Gasteiger partial charge in [-0.2, -0.15) is 0 Å². The number of benzene rings is 1. The van der Waals surface area contributed by atoms with E-state index in [1.165, 1.54) is 11.1 Å². The molecule has 0 radical (unpaired) electrons. The third-order valence-corrected chi connectivity index (χ3v) is 3.96. The molecule has 0 aliphatic carbocycles. The number of hydrogen-bond donors (Lipinski definition) is 1. The SMILES string of the molecule is Cc1ccc(-c2nc3cccc(Cl)n3c2CN)cc1C. The highest BCUT2D eigenvalue weighted by molar-refractivity contribution is 6.29. The van der Waals surface area contributed by atoms with Crippen LogP contribution in [0, 0.1) is 13.8 Å². The lowest BCUT2D eigenvalue weighted by atomic mass is 10.0. The van der Waals surface area contributed by atoms with Crippen molar-refractivity contribution in [1.82, 2.24) is 9.38 Å². The van der Waals surface area contributed by atoms with E-state index in [-0.39, 0.29) is 0 Å². The first-order valence-electron chi connectivity index (χ1n) is 6.55. The van der Waals surface area contributed by atoms with E-state index in [4.69, 9.17) is 17.3 Å². The number of rotatable bonds is 2. The molecule has 0 atom stereocenters. The van der Waals surface area contributed by atoms with Crippen molar-refractivity contribution in [2.45, 2.75) is 20.4 Å². The van der Waals surface area contributed by atoms with Crippen LogP contribution >= 0.6 is 11.6 Å². The summed E-state index contributed by atoms with van der Waals surface area (Å²) in [6.07, 6.45) is 0. The van der Waals surface area contributed by atoms with Crippen LogP contribution in [-0.2, 0) is 6.54 Å². The molecule has 1 aromatic carbocycles. The summed E-state index contributed by atoms with van der Waals surface area (Å²) in [5, 5.41) is 0.630. The number of halogens is 1. The summed E-state index contributed by atoms with van der Waals surface area (Å²) in [5.74, 6) is 0. The number of fused-ring (bicyclic) bond motifs is 1. The number of pyridine rings is 1. The van der Waals surface area contributed by atoms with Crippen LogP contribution in [0.4, 0.5) is 0 Å². The topological polar surface area (TPSA) is 43.3 Å². The van der Waals surface area contributed by atoms with Gasteiger partial charge in [-0.05, 0) is 43.2 Å². The van der Waals surface area contributed by atoms with Crippen molar-refractivity contribution < 1.29 is 0 Å². The highest BCUT2D eigenvalue weighted by Gasteiger charge is 2.14. The summed E-state index contributed by atoms with van der Waals surface area (Å²) in [7, 11) is 0. The largest absolute Gasteiger partial charge is 0.325 e. The van der Waals surface area contributed by atoms with Crippen LogP contribution in [0.3, 0.4) is 0 Å². The number of imidazole rings is 1. The van der Waals surface area contributed by atoms with Crippen LogP contribution in [0.15, 0.2) is 36.4 Å². The van der Waals surface area contributed by atoms with Gasteiger partial charge in [0.05, 0.1) is 11.4 Å². The fourth-order valence-electron chi connectivity index (χ4n) is 2.42. The van der Waals surface area contributed by atoms with Gasteiger partial charge in [0.1, 0.15) is 10.8 Å². The van der Waals surface area contributed by atoms with Gasteiger partial charge >= 0.3 is 0 Å². The van der Waals surface area contributed by atoms with E-state index < -0.39 is 0 Å². The molecule has 3 nitrogen and oxygen atoms in total. The number of hydrogen-bond acceptors (Lipinski definition) is 2. The minimum absolute atomic E-state index is 0.396. The lowest BCUT2D eigenvalue weighted by Gasteiger charge is -2.06. The summed E-state index contributed by atoms with van der Waals surface area (Å²) in [5.41, 5.74) is 12.2. The van der Waals surface area contributed by atoms with Crippen LogP contribution in [0.5, 0.6) is 0 Å². The Labute approximate surface area is 123 Å². The van der Waals surface area contributed by atoms with E-state index in [0.29, 0.717) is 11.7 Å². The number of nitrogens with two attached hydrogens (primary N) is 1. The highest BCUT2D eigenvalue weighted by Crippen LogP contribution is 2.28. The molecule has 0 fully saturated rings. The monoisotopic (exact) mass is 285 g/mol. The molecule has 0 saturated heterocycles. The standard InChI is InChI=1S/C16H16ClN3/c1-10-6-7-12(8-11(10)2)16-13(9-18)20-14(17)4-3-5-15(20)19-16/h3-8H,9,18H2,1-2H3. The van der Waals surface area contributed by atoms with Crippen molar-refractivity contribution in [3.8, 4) is 11.3 Å². The van der Waals surface area contributed by atoms with Crippen molar-refractivity contribution in [3.05, 3.63) is 58.4 Å². The molecular weight excluding hydrogens is 270 g/mol. The predicted molar refractivity (Wildman–Crippen MR) is 83.0 cm³/mol. The Hall–Kier alpha value is -1.84. The van der Waals surface area contributed by atoms with Gasteiger partial charge in [-0.25, -0.2) is 4.98 Å². The van der Waals surface area contributed by atoms with Crippen molar-refractivity contribution in [2.24, 2.45) is 5.73 Å². The first-order valence-corrected chi connectivity index (χ1v) is 6.93. The second-order valence-electron chi connectivity index (χ2n) is 4.95. The smallest absolute Gasteiger partial charge is 0.138 e. The van der Waals surface area contributed by atoms with Gasteiger partial charge in [0.15, 0.2) is 0 Å². The van der Waals surface area contributed by atoms with Crippen molar-refractivity contribution in [1.29, 1.82) is 0 Å². The summed E-state index contributed by atoms with van der Waals surface area (Å²) in [6.45, 7) is 4.60. The summed E-state index contributed by atoms with van der Waals surface area (Å²) in [4.78, 5) is 4.68. The fraction of sp³-hybridized carbons (Fsp3) is 0.188. The summed E-state index contributed by atoms with van der Waals surface area (Å²) >= 11 is 6.27. The molecule has 0 unspecified atom stereocenters. The zero-order chi connectivity index (χ0) is 14.3. The third-order valence-electron chi connectivity index (χ3n) is 3.67. The van der Waals surface area contributed by atoms with Crippen LogP contribution in [0.25, 0.3) is 16.9 Å². The maximum atomic E-state index is 6.27. The Morgan fingerprint density at radius 2 is 1.95 bits per heavy atom. The average Bonchev–Trinajstić information content (AvgIpc) is 2.82. The first kappa shape index (κ1) is 13.2. The Morgan fingerprint density at radius 3 is 2.65 bits per heavy atom. The number of aromatic nitrogens is 2. The maximum Gasteiger partial charge on any atom is 0.138 e. The van der Waals surface area contributed by atoms with Gasteiger partial charge < -0.3 is 5.73 Å². The molecule has 2 aromatic heterocycles. The molecule has 3 rings (SSSR count). The molecule has 102 valence electrons. The van der Waals surface area contributed by atoms with E-state index >= 15 is 0 Å². The zero-order valence-electron chi connectivity index (χ0n) is 11.5. The lowest BCUT2D eigenvalue weighted by Crippen LogP contribution is -2.03. The van der Waals surface area contributed by atoms with Gasteiger partial charge in [0.25, 0.3) is 0 Å². The van der Waals surface area contributed by atoms with E-state index in [1.54, 1.807) is 0 Å². The number of nitrogens with zero attached hydrogens (tertiary/aromatic N) is 2. The van der Waals surface area contributed by atoms with Crippen LogP contribution in [0.2, 0.25) is 5.15 Å². The third kappa shape index (κ3) is 1.99. The Bertz CT molecular complexity index is 790. The molecule has 3 aromatic rings. The molecule has 0 aliphatic heterocycles. The van der Waals surface area contributed by atoms with Crippen LogP contribution in [0.1, 0.15) is 16.8 Å². The molecule has 0 bridgehead atoms. The van der Waals surface area contributed by atoms with E-state index in [9.17, 15) is 0 Å². The van der Waals surface area contributed by atoms with E-state index in [1.807, 2.05) is 22.6 Å². The average molecular weight is 286 g/mol. The predicted octanol–water partition coefficient (Wildman–Crippen LogP) is 3.73. The van der Waals surface area contributed by atoms with Gasteiger partial charge in [0.2, 0.25) is 0 Å². The van der Waals surface area contributed by atoms with Gasteiger partial charge in [-0.3, -0.25) is 4.40 Å². The highest BCUT2D eigenvalue weighted by atomic mass is 35.5. The minimum Gasteiger partial charge on any atom is -0.325 e. The Kier molecular flexibility index (Phi) is 3.24. The first-order chi connectivity index (χ1) is 9.61. The minimum atomic E-state index is 0.396. The van der Waals surface area contributed by atoms with Gasteiger partial charge in [-0.1, -0.05) is 29.8 Å². The van der Waals surface area contributed by atoms with Crippen molar-refractivity contribution in [2.75, 3.05) is 0 Å². The molecule has 2 heterocycles. The zero-order valence-corrected chi connectivity index (χ0v) is 12.3. The molecular formula is C16H16ClN3. The fourth-order valence-corrected chi connectivity index (χ4v) is 2.68. The number of aryl methyl sites for hydroxylation is 2. The van der Waals surface area contributed by atoms with E-state index in [0.717, 1.165) is 22.6 Å². The molecule has 20 heavy (non-hydrogen) atoms. The molecule has 0 aliphatic rings. The summed E-state index contributed by atoms with van der Waals surface area (Å²) in [6, 6.07) is 12.0. The van der Waals surface area contributed by atoms with Crippen LogP contribution in [-0.4, -0.2) is 9.38 Å². The Morgan fingerprint density at radius 1 is 1.15 bits per heavy atom. The quantitative estimate of drug-likeness (QED) is 0.729. The molecule has 0 saturated carbocycles. The maximum absolute atomic E-state index is 6.27. The normalized spacial score (nSPS) is 11.2. The van der Waals surface area contributed by atoms with E-state index in [2.05, 4.69) is 37.0 Å². The second kappa shape index (κ2) is 4.93. The molecule has 2 N–H and O–H groups in total. The van der Waals surface area contributed by atoms with Gasteiger partial charge in [0, 0.05) is 12.1 Å². The lowest BCUT2D eigenvalue weighted by molar-refractivity contribution is 0.962. The molecule has 4 heteroatoms. The van der Waals surface area contributed by atoms with Crippen LogP contribution < -0.4 is 5.73 Å². The molecule has 0 amide bonds. The van der Waals surface area contributed by atoms with Crippen molar-refractivity contribution >= 4 is 17.2 Å². The molecule has 0 spiro atoms. The summed E-state index contributed by atoms with van der Waals surface area (Å²) < 4.78 is 1.91.